The Kier molecular flexibility index (Phi) is 3.05. The lowest BCUT2D eigenvalue weighted by molar-refractivity contribution is 0.0342. The van der Waals surface area contributed by atoms with Crippen molar-refractivity contribution in [3.63, 3.8) is 0 Å². The molecule has 4 heteroatoms. The highest BCUT2D eigenvalue weighted by Crippen LogP contribution is 2.28. The first-order valence-electron chi connectivity index (χ1n) is 5.79. The minimum atomic E-state index is 0.677. The topological polar surface area (TPSA) is 25.6 Å². The molecule has 0 aliphatic carbocycles. The Morgan fingerprint density at radius 1 is 1.24 bits per heavy atom. The van der Waals surface area contributed by atoms with Crippen molar-refractivity contribution in [1.82, 2.24) is 4.90 Å². The van der Waals surface area contributed by atoms with Crippen LogP contribution in [0.2, 0.25) is 5.02 Å². The molecule has 0 N–H and O–H groups in total. The molecule has 0 spiro atoms. The molecule has 2 aromatic rings. The first-order chi connectivity index (χ1) is 8.34. The van der Waals surface area contributed by atoms with Gasteiger partial charge in [-0.15, -0.1) is 0 Å². The molecular formula is C13H14ClNO2. The van der Waals surface area contributed by atoms with Gasteiger partial charge in [-0.05, 0) is 6.07 Å². The maximum atomic E-state index is 6.09. The minimum Gasteiger partial charge on any atom is -0.462 e. The fraction of sp³-hybridized carbons (Fsp3) is 0.385. The van der Waals surface area contributed by atoms with Crippen LogP contribution in [0.25, 0.3) is 11.0 Å². The Morgan fingerprint density at radius 2 is 2.06 bits per heavy atom. The highest BCUT2D eigenvalue weighted by atomic mass is 35.5. The molecule has 0 saturated carbocycles. The Morgan fingerprint density at radius 3 is 2.88 bits per heavy atom. The van der Waals surface area contributed by atoms with E-state index in [2.05, 4.69) is 11.0 Å². The highest BCUT2D eigenvalue weighted by molar-refractivity contribution is 6.34. The van der Waals surface area contributed by atoms with Crippen LogP contribution < -0.4 is 0 Å². The summed E-state index contributed by atoms with van der Waals surface area (Å²) in [6.45, 7) is 4.49. The van der Waals surface area contributed by atoms with E-state index in [1.54, 1.807) is 0 Å². The summed E-state index contributed by atoms with van der Waals surface area (Å²) in [5.74, 6) is 0. The number of morpholine rings is 1. The summed E-state index contributed by atoms with van der Waals surface area (Å²) in [7, 11) is 0. The number of rotatable bonds is 2. The van der Waals surface area contributed by atoms with Crippen molar-refractivity contribution in [3.8, 4) is 0 Å². The van der Waals surface area contributed by atoms with Crippen molar-refractivity contribution >= 4 is 22.6 Å². The number of fused-ring (bicyclic) bond motifs is 1. The van der Waals surface area contributed by atoms with Crippen molar-refractivity contribution in [1.29, 1.82) is 0 Å². The first kappa shape index (κ1) is 11.1. The minimum absolute atomic E-state index is 0.677. The van der Waals surface area contributed by atoms with Gasteiger partial charge in [0.05, 0.1) is 24.5 Å². The third-order valence-corrected chi connectivity index (χ3v) is 3.43. The molecule has 1 aromatic carbocycles. The van der Waals surface area contributed by atoms with Crippen LogP contribution in [0.3, 0.4) is 0 Å². The Balaban J connectivity index is 1.87. The molecule has 17 heavy (non-hydrogen) atoms. The molecule has 3 nitrogen and oxygen atoms in total. The number of hydrogen-bond donors (Lipinski definition) is 0. The molecule has 0 unspecified atom stereocenters. The largest absolute Gasteiger partial charge is 0.462 e. The van der Waals surface area contributed by atoms with E-state index < -0.39 is 0 Å². The van der Waals surface area contributed by atoms with Crippen LogP contribution >= 0.6 is 11.6 Å². The van der Waals surface area contributed by atoms with Crippen LogP contribution in [0.1, 0.15) is 5.56 Å². The average molecular weight is 252 g/mol. The molecule has 2 heterocycles. The molecular weight excluding hydrogens is 238 g/mol. The van der Waals surface area contributed by atoms with E-state index in [0.29, 0.717) is 5.02 Å². The molecule has 1 fully saturated rings. The molecule has 0 radical (unpaired) electrons. The van der Waals surface area contributed by atoms with Gasteiger partial charge in [-0.25, -0.2) is 0 Å². The van der Waals surface area contributed by atoms with Gasteiger partial charge in [0.2, 0.25) is 0 Å². The average Bonchev–Trinajstić information content (AvgIpc) is 2.76. The smallest absolute Gasteiger partial charge is 0.152 e. The summed E-state index contributed by atoms with van der Waals surface area (Å²) < 4.78 is 10.9. The third kappa shape index (κ3) is 2.18. The van der Waals surface area contributed by atoms with Crippen LogP contribution in [0, 0.1) is 0 Å². The Hall–Kier alpha value is -1.03. The molecule has 0 bridgehead atoms. The van der Waals surface area contributed by atoms with Crippen molar-refractivity contribution in [2.24, 2.45) is 0 Å². The van der Waals surface area contributed by atoms with E-state index in [1.807, 2.05) is 18.4 Å². The van der Waals surface area contributed by atoms with Crippen molar-refractivity contribution in [2.45, 2.75) is 6.54 Å². The number of benzene rings is 1. The molecule has 3 rings (SSSR count). The summed E-state index contributed by atoms with van der Waals surface area (Å²) in [4.78, 5) is 2.37. The maximum absolute atomic E-state index is 6.09. The van der Waals surface area contributed by atoms with E-state index in [-0.39, 0.29) is 0 Å². The van der Waals surface area contributed by atoms with Crippen LogP contribution in [0.5, 0.6) is 0 Å². The Bertz CT molecular complexity index is 517. The van der Waals surface area contributed by atoms with Crippen LogP contribution in [0.15, 0.2) is 28.9 Å². The van der Waals surface area contributed by atoms with Gasteiger partial charge in [0, 0.05) is 30.6 Å². The van der Waals surface area contributed by atoms with Gasteiger partial charge in [0.25, 0.3) is 0 Å². The van der Waals surface area contributed by atoms with Crippen molar-refractivity contribution in [3.05, 3.63) is 35.0 Å². The van der Waals surface area contributed by atoms with Crippen molar-refractivity contribution in [2.75, 3.05) is 26.3 Å². The summed E-state index contributed by atoms with van der Waals surface area (Å²) in [6, 6.07) is 5.87. The number of nitrogens with zero attached hydrogens (tertiary/aromatic N) is 1. The summed E-state index contributed by atoms with van der Waals surface area (Å²) >= 11 is 6.09. The number of hydrogen-bond acceptors (Lipinski definition) is 3. The number of halogens is 1. The molecule has 1 aliphatic rings. The standard InChI is InChI=1S/C13H14ClNO2/c14-12-3-1-2-11-10(9-17-13(11)12)8-15-4-6-16-7-5-15/h1-3,9H,4-8H2. The van der Waals surface area contributed by atoms with Gasteiger partial charge >= 0.3 is 0 Å². The van der Waals surface area contributed by atoms with Crippen LogP contribution in [-0.4, -0.2) is 31.2 Å². The lowest BCUT2D eigenvalue weighted by Crippen LogP contribution is -2.35. The second-order valence-electron chi connectivity index (χ2n) is 4.27. The molecule has 90 valence electrons. The van der Waals surface area contributed by atoms with Gasteiger partial charge in [0.1, 0.15) is 0 Å². The van der Waals surface area contributed by atoms with Crippen LogP contribution in [-0.2, 0) is 11.3 Å². The van der Waals surface area contributed by atoms with E-state index in [9.17, 15) is 0 Å². The summed E-state index contributed by atoms with van der Waals surface area (Å²) in [5, 5.41) is 1.79. The number of ether oxygens (including phenoxy) is 1. The summed E-state index contributed by atoms with van der Waals surface area (Å²) in [6.07, 6.45) is 1.81. The van der Waals surface area contributed by atoms with E-state index >= 15 is 0 Å². The lowest BCUT2D eigenvalue weighted by Gasteiger charge is -2.26. The fourth-order valence-electron chi connectivity index (χ4n) is 2.20. The maximum Gasteiger partial charge on any atom is 0.152 e. The highest BCUT2D eigenvalue weighted by Gasteiger charge is 2.14. The molecule has 0 amide bonds. The number of furan rings is 1. The van der Waals surface area contributed by atoms with Crippen LogP contribution in [0.4, 0.5) is 0 Å². The zero-order valence-electron chi connectivity index (χ0n) is 9.49. The van der Waals surface area contributed by atoms with Gasteiger partial charge in [-0.1, -0.05) is 23.7 Å². The molecule has 1 aliphatic heterocycles. The monoisotopic (exact) mass is 251 g/mol. The van der Waals surface area contributed by atoms with Gasteiger partial charge < -0.3 is 9.15 Å². The quantitative estimate of drug-likeness (QED) is 0.821. The predicted octanol–water partition coefficient (Wildman–Crippen LogP) is 2.92. The number of para-hydroxylation sites is 1. The second-order valence-corrected chi connectivity index (χ2v) is 4.67. The zero-order chi connectivity index (χ0) is 11.7. The van der Waals surface area contributed by atoms with E-state index in [0.717, 1.165) is 43.8 Å². The summed E-state index contributed by atoms with van der Waals surface area (Å²) in [5.41, 5.74) is 1.99. The fourth-order valence-corrected chi connectivity index (χ4v) is 2.42. The molecule has 1 saturated heterocycles. The van der Waals surface area contributed by atoms with Crippen molar-refractivity contribution < 1.29 is 9.15 Å². The normalized spacial score (nSPS) is 17.7. The first-order valence-corrected chi connectivity index (χ1v) is 6.17. The molecule has 0 atom stereocenters. The lowest BCUT2D eigenvalue weighted by atomic mass is 10.1. The SMILES string of the molecule is Clc1cccc2c(CN3CCOCC3)coc12. The van der Waals surface area contributed by atoms with E-state index in [4.69, 9.17) is 20.8 Å². The van der Waals surface area contributed by atoms with Gasteiger partial charge in [0.15, 0.2) is 5.58 Å². The molecule has 1 aromatic heterocycles. The van der Waals surface area contributed by atoms with E-state index in [1.165, 1.54) is 5.56 Å². The zero-order valence-corrected chi connectivity index (χ0v) is 10.2. The van der Waals surface area contributed by atoms with Gasteiger partial charge in [-0.2, -0.15) is 0 Å². The van der Waals surface area contributed by atoms with Gasteiger partial charge in [-0.3, -0.25) is 4.90 Å². The third-order valence-electron chi connectivity index (χ3n) is 3.13. The predicted molar refractivity (Wildman–Crippen MR) is 67.3 cm³/mol. The second kappa shape index (κ2) is 4.69. The Labute approximate surface area is 105 Å².